The Kier molecular flexibility index (Phi) is 3.34. The average Bonchev–Trinajstić information content (AvgIpc) is 3.23. The number of halogens is 1. The van der Waals surface area contributed by atoms with E-state index >= 15 is 0 Å². The highest BCUT2D eigenvalue weighted by Gasteiger charge is 2.29. The molecule has 0 bridgehead atoms. The summed E-state index contributed by atoms with van der Waals surface area (Å²) in [6, 6.07) is 1.85. The lowest BCUT2D eigenvalue weighted by Gasteiger charge is -2.10. The fraction of sp³-hybridized carbons (Fsp3) is 0.385. The van der Waals surface area contributed by atoms with E-state index in [1.54, 1.807) is 6.20 Å². The number of nitrogens with one attached hydrogen (secondary N) is 1. The largest absolute Gasteiger partial charge is 0.372 e. The SMILES string of the molecule is CNc1nc(-c2ccnc(C)n2)nc(C2CC2)c1I. The van der Waals surface area contributed by atoms with E-state index in [1.165, 1.54) is 12.8 Å². The van der Waals surface area contributed by atoms with Crippen molar-refractivity contribution < 1.29 is 0 Å². The summed E-state index contributed by atoms with van der Waals surface area (Å²) in [7, 11) is 1.89. The van der Waals surface area contributed by atoms with Gasteiger partial charge in [-0.15, -0.1) is 0 Å². The van der Waals surface area contributed by atoms with E-state index in [-0.39, 0.29) is 0 Å². The van der Waals surface area contributed by atoms with Crippen molar-refractivity contribution >= 4 is 28.4 Å². The lowest BCUT2D eigenvalue weighted by Crippen LogP contribution is -2.05. The van der Waals surface area contributed by atoms with Gasteiger partial charge >= 0.3 is 0 Å². The topological polar surface area (TPSA) is 63.6 Å². The number of hydrogen-bond acceptors (Lipinski definition) is 5. The maximum atomic E-state index is 4.71. The van der Waals surface area contributed by atoms with Crippen LogP contribution < -0.4 is 5.32 Å². The summed E-state index contributed by atoms with van der Waals surface area (Å²) >= 11 is 2.32. The molecule has 3 rings (SSSR count). The minimum absolute atomic E-state index is 0.587. The van der Waals surface area contributed by atoms with E-state index in [4.69, 9.17) is 4.98 Å². The van der Waals surface area contributed by atoms with Gasteiger partial charge in [-0.3, -0.25) is 0 Å². The summed E-state index contributed by atoms with van der Waals surface area (Å²) in [4.78, 5) is 17.8. The first kappa shape index (κ1) is 12.7. The van der Waals surface area contributed by atoms with Gasteiger partial charge in [-0.2, -0.15) is 0 Å². The van der Waals surface area contributed by atoms with Crippen molar-refractivity contribution in [3.05, 3.63) is 27.4 Å². The Labute approximate surface area is 125 Å². The molecule has 1 saturated carbocycles. The van der Waals surface area contributed by atoms with Crippen molar-refractivity contribution in [2.45, 2.75) is 25.7 Å². The van der Waals surface area contributed by atoms with Crippen molar-refractivity contribution in [2.75, 3.05) is 12.4 Å². The smallest absolute Gasteiger partial charge is 0.180 e. The minimum Gasteiger partial charge on any atom is -0.372 e. The Bertz CT molecular complexity index is 624. The summed E-state index contributed by atoms with van der Waals surface area (Å²) in [5, 5.41) is 3.14. The molecule has 1 N–H and O–H groups in total. The molecule has 1 aliphatic carbocycles. The van der Waals surface area contributed by atoms with Gasteiger partial charge in [0.2, 0.25) is 0 Å². The van der Waals surface area contributed by atoms with Crippen LogP contribution in [0.5, 0.6) is 0 Å². The third-order valence-corrected chi connectivity index (χ3v) is 4.15. The zero-order valence-electron chi connectivity index (χ0n) is 10.8. The van der Waals surface area contributed by atoms with E-state index < -0.39 is 0 Å². The van der Waals surface area contributed by atoms with Gasteiger partial charge in [0, 0.05) is 19.2 Å². The molecule has 1 aliphatic rings. The van der Waals surface area contributed by atoms with E-state index in [9.17, 15) is 0 Å². The number of nitrogens with zero attached hydrogens (tertiary/aromatic N) is 4. The van der Waals surface area contributed by atoms with Crippen molar-refractivity contribution in [2.24, 2.45) is 0 Å². The highest BCUT2D eigenvalue weighted by atomic mass is 127. The Morgan fingerprint density at radius 2 is 2.05 bits per heavy atom. The van der Waals surface area contributed by atoms with Crippen LogP contribution in [0.15, 0.2) is 12.3 Å². The normalized spacial score (nSPS) is 14.5. The molecule has 0 atom stereocenters. The molecule has 2 aromatic rings. The highest BCUT2D eigenvalue weighted by Crippen LogP contribution is 2.42. The fourth-order valence-electron chi connectivity index (χ4n) is 1.95. The van der Waals surface area contributed by atoms with E-state index in [1.807, 2.05) is 20.0 Å². The molecule has 2 aromatic heterocycles. The molecule has 1 fully saturated rings. The van der Waals surface area contributed by atoms with Crippen LogP contribution in [-0.4, -0.2) is 27.0 Å². The number of rotatable bonds is 3. The first-order valence-electron chi connectivity index (χ1n) is 6.24. The van der Waals surface area contributed by atoms with E-state index in [2.05, 4.69) is 42.9 Å². The van der Waals surface area contributed by atoms with Gasteiger partial charge in [-0.1, -0.05) is 0 Å². The highest BCUT2D eigenvalue weighted by molar-refractivity contribution is 14.1. The second kappa shape index (κ2) is 4.99. The molecule has 0 radical (unpaired) electrons. The maximum absolute atomic E-state index is 4.71. The zero-order valence-corrected chi connectivity index (χ0v) is 13.0. The minimum atomic E-state index is 0.587. The first-order chi connectivity index (χ1) is 9.19. The van der Waals surface area contributed by atoms with Crippen LogP contribution in [0.3, 0.4) is 0 Å². The lowest BCUT2D eigenvalue weighted by atomic mass is 10.2. The maximum Gasteiger partial charge on any atom is 0.180 e. The Balaban J connectivity index is 2.13. The molecule has 2 heterocycles. The van der Waals surface area contributed by atoms with E-state index in [0.29, 0.717) is 11.7 Å². The van der Waals surface area contributed by atoms with Crippen LogP contribution in [0.2, 0.25) is 0 Å². The molecule has 0 amide bonds. The summed E-state index contributed by atoms with van der Waals surface area (Å²) < 4.78 is 1.12. The van der Waals surface area contributed by atoms with Gasteiger partial charge in [0.15, 0.2) is 5.82 Å². The number of aromatic nitrogens is 4. The van der Waals surface area contributed by atoms with Crippen LogP contribution >= 0.6 is 22.6 Å². The Morgan fingerprint density at radius 1 is 1.26 bits per heavy atom. The zero-order chi connectivity index (χ0) is 13.4. The van der Waals surface area contributed by atoms with Gasteiger partial charge < -0.3 is 5.32 Å². The summed E-state index contributed by atoms with van der Waals surface area (Å²) in [6.07, 6.45) is 4.19. The average molecular weight is 367 g/mol. The monoisotopic (exact) mass is 367 g/mol. The number of aryl methyl sites for hydroxylation is 1. The summed E-state index contributed by atoms with van der Waals surface area (Å²) in [5.74, 6) is 2.88. The van der Waals surface area contributed by atoms with Crippen LogP contribution in [0.1, 0.15) is 30.3 Å². The van der Waals surface area contributed by atoms with Gasteiger partial charge in [-0.25, -0.2) is 19.9 Å². The van der Waals surface area contributed by atoms with E-state index in [0.717, 1.165) is 26.6 Å². The van der Waals surface area contributed by atoms with Crippen molar-refractivity contribution in [3.63, 3.8) is 0 Å². The third-order valence-electron chi connectivity index (χ3n) is 3.08. The van der Waals surface area contributed by atoms with Crippen molar-refractivity contribution in [1.82, 2.24) is 19.9 Å². The number of anilines is 1. The molecule has 98 valence electrons. The molecule has 6 heteroatoms. The van der Waals surface area contributed by atoms with Gasteiger partial charge in [0.1, 0.15) is 17.3 Å². The third kappa shape index (κ3) is 2.54. The van der Waals surface area contributed by atoms with Gasteiger partial charge in [-0.05, 0) is 48.4 Å². The second-order valence-electron chi connectivity index (χ2n) is 4.61. The predicted molar refractivity (Wildman–Crippen MR) is 82.0 cm³/mol. The van der Waals surface area contributed by atoms with Crippen LogP contribution in [0.4, 0.5) is 5.82 Å². The molecule has 0 aromatic carbocycles. The van der Waals surface area contributed by atoms with Gasteiger partial charge in [0.25, 0.3) is 0 Å². The molecule has 0 aliphatic heterocycles. The molecule has 0 spiro atoms. The van der Waals surface area contributed by atoms with Crippen LogP contribution in [0.25, 0.3) is 11.5 Å². The fourth-order valence-corrected chi connectivity index (χ4v) is 2.90. The molecule has 0 saturated heterocycles. The van der Waals surface area contributed by atoms with Gasteiger partial charge in [0.05, 0.1) is 9.26 Å². The molecular formula is C13H14IN5. The van der Waals surface area contributed by atoms with Crippen molar-refractivity contribution in [3.8, 4) is 11.5 Å². The Morgan fingerprint density at radius 3 is 2.68 bits per heavy atom. The second-order valence-corrected chi connectivity index (χ2v) is 5.69. The van der Waals surface area contributed by atoms with Crippen LogP contribution in [-0.2, 0) is 0 Å². The first-order valence-corrected chi connectivity index (χ1v) is 7.32. The molecule has 5 nitrogen and oxygen atoms in total. The lowest BCUT2D eigenvalue weighted by molar-refractivity contribution is 0.962. The molecule has 0 unspecified atom stereocenters. The summed E-state index contributed by atoms with van der Waals surface area (Å²) in [5.41, 5.74) is 1.92. The standard InChI is InChI=1S/C13H14IN5/c1-7-16-6-5-9(17-7)12-18-11(8-3-4-8)10(14)13(15-2)19-12/h5-6,8H,3-4H2,1-2H3,(H,15,18,19). The number of hydrogen-bond donors (Lipinski definition) is 1. The predicted octanol–water partition coefficient (Wildman–Crippen LogP) is 2.77. The molecular weight excluding hydrogens is 353 g/mol. The quantitative estimate of drug-likeness (QED) is 0.846. The van der Waals surface area contributed by atoms with Crippen molar-refractivity contribution in [1.29, 1.82) is 0 Å². The Hall–Kier alpha value is -1.31. The van der Waals surface area contributed by atoms with Crippen LogP contribution in [0, 0.1) is 10.5 Å². The molecule has 19 heavy (non-hydrogen) atoms. The summed E-state index contributed by atoms with van der Waals surface area (Å²) in [6.45, 7) is 1.87.